The van der Waals surface area contributed by atoms with Crippen molar-refractivity contribution < 1.29 is 0 Å². The minimum Gasteiger partial charge on any atom is -0.255 e. The summed E-state index contributed by atoms with van der Waals surface area (Å²) in [5, 5.41) is 0. The zero-order chi connectivity index (χ0) is 18.5. The molecule has 0 aliphatic carbocycles. The van der Waals surface area contributed by atoms with Gasteiger partial charge < -0.3 is 0 Å². The molecule has 2 nitrogen and oxygen atoms in total. The fourth-order valence-electron chi connectivity index (χ4n) is 3.30. The van der Waals surface area contributed by atoms with E-state index in [0.717, 1.165) is 23.6 Å². The average molecular weight is 371 g/mol. The van der Waals surface area contributed by atoms with Crippen LogP contribution < -0.4 is 0 Å². The van der Waals surface area contributed by atoms with Crippen LogP contribution in [0.2, 0.25) is 0 Å². The molecule has 0 saturated heterocycles. The van der Waals surface area contributed by atoms with E-state index in [-0.39, 0.29) is 0 Å². The first-order valence-electron chi connectivity index (χ1n) is 10.3. The third kappa shape index (κ3) is 8.35. The summed E-state index contributed by atoms with van der Waals surface area (Å²) >= 11 is 4.26. The van der Waals surface area contributed by atoms with Crippen LogP contribution in [-0.4, -0.2) is 15.7 Å². The Morgan fingerprint density at radius 1 is 0.692 bits per heavy atom. The smallest absolute Gasteiger partial charge is 0.0888 e. The van der Waals surface area contributed by atoms with E-state index < -0.39 is 0 Å². The van der Waals surface area contributed by atoms with Gasteiger partial charge in [-0.05, 0) is 67.3 Å². The van der Waals surface area contributed by atoms with Gasteiger partial charge in [0.25, 0.3) is 0 Å². The van der Waals surface area contributed by atoms with Gasteiger partial charge in [0, 0.05) is 12.4 Å². The van der Waals surface area contributed by atoms with Crippen LogP contribution in [0.5, 0.6) is 0 Å². The molecule has 3 heteroatoms. The van der Waals surface area contributed by atoms with Crippen molar-refractivity contribution >= 4 is 12.6 Å². The highest BCUT2D eigenvalue weighted by molar-refractivity contribution is 7.80. The van der Waals surface area contributed by atoms with Crippen LogP contribution in [0.1, 0.15) is 75.3 Å². The average Bonchev–Trinajstić information content (AvgIpc) is 2.66. The highest BCUT2D eigenvalue weighted by Crippen LogP contribution is 2.18. The monoisotopic (exact) mass is 370 g/mol. The second kappa shape index (κ2) is 12.9. The quantitative estimate of drug-likeness (QED) is 0.309. The molecule has 0 amide bonds. The van der Waals surface area contributed by atoms with Gasteiger partial charge in [0.15, 0.2) is 0 Å². The number of rotatable bonds is 13. The van der Waals surface area contributed by atoms with Gasteiger partial charge in [-0.25, -0.2) is 0 Å². The summed E-state index contributed by atoms with van der Waals surface area (Å²) < 4.78 is 0. The Hall–Kier alpha value is -1.35. The first-order chi connectivity index (χ1) is 12.8. The highest BCUT2D eigenvalue weighted by atomic mass is 32.1. The molecule has 0 radical (unpaired) electrons. The normalized spacial score (nSPS) is 11.0. The number of hydrogen-bond acceptors (Lipinski definition) is 3. The summed E-state index contributed by atoms with van der Waals surface area (Å²) in [5.41, 5.74) is 4.57. The van der Waals surface area contributed by atoms with E-state index in [9.17, 15) is 0 Å². The van der Waals surface area contributed by atoms with Crippen molar-refractivity contribution in [1.82, 2.24) is 9.97 Å². The Labute approximate surface area is 165 Å². The van der Waals surface area contributed by atoms with Crippen molar-refractivity contribution in [3.63, 3.8) is 0 Å². The van der Waals surface area contributed by atoms with Crippen LogP contribution >= 0.6 is 12.6 Å². The molecule has 2 aromatic heterocycles. The van der Waals surface area contributed by atoms with E-state index in [1.54, 1.807) is 0 Å². The molecule has 0 saturated carbocycles. The van der Waals surface area contributed by atoms with Gasteiger partial charge in [0.05, 0.1) is 11.4 Å². The molecular weight excluding hydrogens is 336 g/mol. The fourth-order valence-corrected chi connectivity index (χ4v) is 3.52. The third-order valence-electron chi connectivity index (χ3n) is 4.88. The van der Waals surface area contributed by atoms with Crippen LogP contribution in [0.3, 0.4) is 0 Å². The van der Waals surface area contributed by atoms with E-state index in [0.29, 0.717) is 0 Å². The molecule has 0 bridgehead atoms. The van der Waals surface area contributed by atoms with Gasteiger partial charge >= 0.3 is 0 Å². The van der Waals surface area contributed by atoms with Crippen molar-refractivity contribution in [2.24, 2.45) is 0 Å². The number of unbranched alkanes of at least 4 members (excludes halogenated alkanes) is 9. The minimum absolute atomic E-state index is 0.973. The molecular formula is C23H34N2S. The Morgan fingerprint density at radius 2 is 1.23 bits per heavy atom. The summed E-state index contributed by atoms with van der Waals surface area (Å²) in [6, 6.07) is 8.47. The van der Waals surface area contributed by atoms with Crippen LogP contribution in [0, 0.1) is 6.92 Å². The molecule has 0 aliphatic heterocycles. The number of thiol groups is 1. The number of nitrogens with zero attached hydrogens (tertiary/aromatic N) is 2. The van der Waals surface area contributed by atoms with E-state index in [4.69, 9.17) is 0 Å². The molecule has 2 rings (SSSR count). The first-order valence-corrected chi connectivity index (χ1v) is 10.9. The van der Waals surface area contributed by atoms with Crippen molar-refractivity contribution in [2.45, 2.75) is 77.6 Å². The number of aryl methyl sites for hydroxylation is 2. The molecule has 2 aromatic rings. The molecule has 142 valence electrons. The Balaban J connectivity index is 1.59. The summed E-state index contributed by atoms with van der Waals surface area (Å²) in [6.07, 6.45) is 18.5. The van der Waals surface area contributed by atoms with Crippen molar-refractivity contribution in [3.8, 4) is 11.4 Å². The standard InChI is InChI=1S/C23H34N2S/c1-20-13-15-24-22(18-20)23-19-21(14-16-25-23)12-10-8-6-4-2-3-5-7-9-11-17-26/h13-16,18-19,26H,2-12,17H2,1H3. The van der Waals surface area contributed by atoms with E-state index >= 15 is 0 Å². The summed E-state index contributed by atoms with van der Waals surface area (Å²) in [7, 11) is 0. The first kappa shape index (κ1) is 21.0. The summed E-state index contributed by atoms with van der Waals surface area (Å²) in [4.78, 5) is 8.94. The fraction of sp³-hybridized carbons (Fsp3) is 0.565. The molecule has 0 fully saturated rings. The van der Waals surface area contributed by atoms with Gasteiger partial charge in [-0.1, -0.05) is 51.4 Å². The van der Waals surface area contributed by atoms with Gasteiger partial charge in [-0.3, -0.25) is 9.97 Å². The molecule has 26 heavy (non-hydrogen) atoms. The maximum Gasteiger partial charge on any atom is 0.0888 e. The van der Waals surface area contributed by atoms with Crippen molar-refractivity contribution in [2.75, 3.05) is 5.75 Å². The lowest BCUT2D eigenvalue weighted by atomic mass is 10.0. The molecule has 0 aromatic carbocycles. The molecule has 0 aliphatic rings. The second-order valence-corrected chi connectivity index (χ2v) is 7.72. The Bertz CT molecular complexity index is 627. The topological polar surface area (TPSA) is 25.8 Å². The molecule has 0 spiro atoms. The van der Waals surface area contributed by atoms with E-state index in [1.165, 1.54) is 75.3 Å². The Kier molecular flexibility index (Phi) is 10.4. The SMILES string of the molecule is Cc1ccnc(-c2cc(CCCCCCCCCCCCS)ccn2)c1. The minimum atomic E-state index is 0.973. The van der Waals surface area contributed by atoms with Gasteiger partial charge in [-0.2, -0.15) is 12.6 Å². The van der Waals surface area contributed by atoms with Crippen molar-refractivity contribution in [3.05, 3.63) is 47.8 Å². The maximum atomic E-state index is 4.49. The van der Waals surface area contributed by atoms with Gasteiger partial charge in [0.2, 0.25) is 0 Å². The van der Waals surface area contributed by atoms with Crippen molar-refractivity contribution in [1.29, 1.82) is 0 Å². The number of pyridine rings is 2. The van der Waals surface area contributed by atoms with Crippen LogP contribution in [0.25, 0.3) is 11.4 Å². The molecule has 2 heterocycles. The largest absolute Gasteiger partial charge is 0.255 e. The van der Waals surface area contributed by atoms with Gasteiger partial charge in [0.1, 0.15) is 0 Å². The van der Waals surface area contributed by atoms with E-state index in [2.05, 4.69) is 47.7 Å². The number of hydrogen-bond donors (Lipinski definition) is 1. The van der Waals surface area contributed by atoms with Crippen LogP contribution in [0.4, 0.5) is 0 Å². The zero-order valence-electron chi connectivity index (χ0n) is 16.3. The predicted octanol–water partition coefficient (Wildman–Crippen LogP) is 6.83. The summed E-state index contributed by atoms with van der Waals surface area (Å²) in [6.45, 7) is 2.09. The highest BCUT2D eigenvalue weighted by Gasteiger charge is 2.03. The lowest BCUT2D eigenvalue weighted by Gasteiger charge is -2.06. The lowest BCUT2D eigenvalue weighted by molar-refractivity contribution is 0.557. The second-order valence-electron chi connectivity index (χ2n) is 7.28. The molecule has 0 atom stereocenters. The molecule has 0 unspecified atom stereocenters. The predicted molar refractivity (Wildman–Crippen MR) is 116 cm³/mol. The molecule has 0 N–H and O–H groups in total. The van der Waals surface area contributed by atoms with E-state index in [1.807, 2.05) is 18.5 Å². The van der Waals surface area contributed by atoms with Crippen LogP contribution in [-0.2, 0) is 6.42 Å². The van der Waals surface area contributed by atoms with Gasteiger partial charge in [-0.15, -0.1) is 0 Å². The maximum absolute atomic E-state index is 4.49. The van der Waals surface area contributed by atoms with Crippen LogP contribution in [0.15, 0.2) is 36.7 Å². The third-order valence-corrected chi connectivity index (χ3v) is 5.19. The number of aromatic nitrogens is 2. The summed E-state index contributed by atoms with van der Waals surface area (Å²) in [5.74, 6) is 1.04. The zero-order valence-corrected chi connectivity index (χ0v) is 17.2. The lowest BCUT2D eigenvalue weighted by Crippen LogP contribution is -1.92. The Morgan fingerprint density at radius 3 is 1.85 bits per heavy atom.